The second-order valence-corrected chi connectivity index (χ2v) is 6.58. The van der Waals surface area contributed by atoms with Gasteiger partial charge in [-0.1, -0.05) is 48.5 Å². The van der Waals surface area contributed by atoms with E-state index in [9.17, 15) is 14.0 Å². The first-order valence-corrected chi connectivity index (χ1v) is 9.21. The molecule has 0 saturated carbocycles. The van der Waals surface area contributed by atoms with Gasteiger partial charge in [0.2, 0.25) is 0 Å². The van der Waals surface area contributed by atoms with Gasteiger partial charge in [-0.2, -0.15) is 0 Å². The Balaban J connectivity index is 1.92. The Kier molecular flexibility index (Phi) is 5.22. The highest BCUT2D eigenvalue weighted by molar-refractivity contribution is 6.32. The zero-order valence-electron chi connectivity index (χ0n) is 16.1. The molecule has 30 heavy (non-hydrogen) atoms. The average Bonchev–Trinajstić information content (AvgIpc) is 2.77. The van der Waals surface area contributed by atoms with Crippen LogP contribution in [-0.2, 0) is 0 Å². The molecule has 0 unspecified atom stereocenters. The summed E-state index contributed by atoms with van der Waals surface area (Å²) < 4.78 is 19.1. The van der Waals surface area contributed by atoms with Gasteiger partial charge in [-0.25, -0.2) is 9.37 Å². The summed E-state index contributed by atoms with van der Waals surface area (Å²) in [7, 11) is 1.37. The zero-order chi connectivity index (χ0) is 21.1. The highest BCUT2D eigenvalue weighted by atomic mass is 19.1. The number of allylic oxidation sites excluding steroid dienone is 1. The second-order valence-electron chi connectivity index (χ2n) is 6.58. The SMILES string of the molecule is COc1ccc(/C=C(/C(=O)c2ccccc2)c2nc3ccccc3[nH]c2=O)cc1F. The van der Waals surface area contributed by atoms with Crippen LogP contribution in [0.15, 0.2) is 77.6 Å². The fraction of sp³-hybridized carbons (Fsp3) is 0.0417. The lowest BCUT2D eigenvalue weighted by atomic mass is 9.98. The van der Waals surface area contributed by atoms with Gasteiger partial charge in [-0.3, -0.25) is 9.59 Å². The average molecular weight is 400 g/mol. The van der Waals surface area contributed by atoms with Crippen molar-refractivity contribution < 1.29 is 13.9 Å². The third-order valence-electron chi connectivity index (χ3n) is 4.62. The third-order valence-corrected chi connectivity index (χ3v) is 4.62. The molecule has 1 N–H and O–H groups in total. The van der Waals surface area contributed by atoms with Gasteiger partial charge in [-0.05, 0) is 35.9 Å². The van der Waals surface area contributed by atoms with Crippen LogP contribution >= 0.6 is 0 Å². The predicted octanol–water partition coefficient (Wildman–Crippen LogP) is 4.49. The molecular formula is C24H17FN2O3. The summed E-state index contributed by atoms with van der Waals surface area (Å²) in [5.74, 6) is -0.872. The number of aromatic nitrogens is 2. The Hall–Kier alpha value is -4.06. The van der Waals surface area contributed by atoms with Crippen molar-refractivity contribution in [3.63, 3.8) is 0 Å². The first-order valence-electron chi connectivity index (χ1n) is 9.21. The summed E-state index contributed by atoms with van der Waals surface area (Å²) >= 11 is 0. The molecule has 0 aliphatic heterocycles. The molecule has 1 aromatic heterocycles. The van der Waals surface area contributed by atoms with E-state index in [0.29, 0.717) is 22.2 Å². The number of hydrogen-bond donors (Lipinski definition) is 1. The number of fused-ring (bicyclic) bond motifs is 1. The van der Waals surface area contributed by atoms with Crippen molar-refractivity contribution in [2.75, 3.05) is 7.11 Å². The third kappa shape index (κ3) is 3.75. The summed E-state index contributed by atoms with van der Waals surface area (Å²) in [4.78, 5) is 33.2. The maximum atomic E-state index is 14.2. The van der Waals surface area contributed by atoms with Crippen molar-refractivity contribution in [3.8, 4) is 5.75 Å². The molecule has 0 bridgehead atoms. The molecule has 0 saturated heterocycles. The summed E-state index contributed by atoms with van der Waals surface area (Å²) in [5, 5.41) is 0. The fourth-order valence-corrected chi connectivity index (χ4v) is 3.14. The maximum absolute atomic E-state index is 14.2. The van der Waals surface area contributed by atoms with E-state index in [0.717, 1.165) is 0 Å². The molecule has 6 heteroatoms. The number of methoxy groups -OCH3 is 1. The topological polar surface area (TPSA) is 72.0 Å². The number of ketones is 1. The number of hydrogen-bond acceptors (Lipinski definition) is 4. The van der Waals surface area contributed by atoms with Crippen LogP contribution in [0.4, 0.5) is 4.39 Å². The van der Waals surface area contributed by atoms with Gasteiger partial charge >= 0.3 is 0 Å². The smallest absolute Gasteiger partial charge is 0.275 e. The summed E-state index contributed by atoms with van der Waals surface area (Å²) in [6, 6.07) is 19.9. The lowest BCUT2D eigenvalue weighted by molar-refractivity contribution is 0.105. The van der Waals surface area contributed by atoms with Gasteiger partial charge < -0.3 is 9.72 Å². The first kappa shape index (κ1) is 19.3. The second kappa shape index (κ2) is 8.13. The molecule has 0 aliphatic carbocycles. The first-order chi connectivity index (χ1) is 14.6. The van der Waals surface area contributed by atoms with E-state index in [1.165, 1.54) is 25.3 Å². The normalized spacial score (nSPS) is 11.5. The molecule has 0 amide bonds. The van der Waals surface area contributed by atoms with Crippen LogP contribution in [0.5, 0.6) is 5.75 Å². The van der Waals surface area contributed by atoms with E-state index >= 15 is 0 Å². The molecule has 4 rings (SSSR count). The number of nitrogens with zero attached hydrogens (tertiary/aromatic N) is 1. The Morgan fingerprint density at radius 2 is 1.77 bits per heavy atom. The van der Waals surface area contributed by atoms with Gasteiger partial charge in [0, 0.05) is 5.56 Å². The van der Waals surface area contributed by atoms with Crippen LogP contribution < -0.4 is 10.3 Å². The van der Waals surface area contributed by atoms with Gasteiger partial charge in [0.25, 0.3) is 5.56 Å². The number of para-hydroxylation sites is 2. The number of ether oxygens (including phenoxy) is 1. The van der Waals surface area contributed by atoms with Crippen molar-refractivity contribution in [1.29, 1.82) is 0 Å². The van der Waals surface area contributed by atoms with E-state index < -0.39 is 11.4 Å². The maximum Gasteiger partial charge on any atom is 0.275 e. The van der Waals surface area contributed by atoms with Crippen molar-refractivity contribution in [2.24, 2.45) is 0 Å². The number of H-pyrrole nitrogens is 1. The summed E-state index contributed by atoms with van der Waals surface area (Å²) in [6.45, 7) is 0. The van der Waals surface area contributed by atoms with Crippen LogP contribution in [0.3, 0.4) is 0 Å². The van der Waals surface area contributed by atoms with Gasteiger partial charge in [0.15, 0.2) is 17.3 Å². The highest BCUT2D eigenvalue weighted by Gasteiger charge is 2.20. The standard InChI is InChI=1S/C24H17FN2O3/c1-30-21-12-11-15(14-18(21)25)13-17(23(28)16-7-3-2-4-8-16)22-24(29)27-20-10-6-5-9-19(20)26-22/h2-14H,1H3,(H,27,29)/b17-13+. The van der Waals surface area contributed by atoms with Crippen molar-refractivity contribution in [3.05, 3.63) is 106 Å². The number of Topliss-reactive ketones (excluding diaryl/α,β-unsaturated/α-hetero) is 1. The van der Waals surface area contributed by atoms with E-state index in [4.69, 9.17) is 4.74 Å². The highest BCUT2D eigenvalue weighted by Crippen LogP contribution is 2.24. The predicted molar refractivity (Wildman–Crippen MR) is 114 cm³/mol. The molecule has 148 valence electrons. The quantitative estimate of drug-likeness (QED) is 0.396. The van der Waals surface area contributed by atoms with E-state index in [1.807, 2.05) is 0 Å². The van der Waals surface area contributed by atoms with Crippen molar-refractivity contribution >= 4 is 28.5 Å². The van der Waals surface area contributed by atoms with Gasteiger partial charge in [0.05, 0.1) is 23.7 Å². The minimum absolute atomic E-state index is 0.0289. The fourth-order valence-electron chi connectivity index (χ4n) is 3.14. The summed E-state index contributed by atoms with van der Waals surface area (Å²) in [5.41, 5.74) is 1.44. The molecule has 4 aromatic rings. The number of aromatic amines is 1. The molecule has 0 spiro atoms. The molecule has 3 aromatic carbocycles. The number of benzene rings is 3. The van der Waals surface area contributed by atoms with Crippen LogP contribution in [0.1, 0.15) is 21.6 Å². The Morgan fingerprint density at radius 1 is 1.03 bits per heavy atom. The molecule has 0 radical (unpaired) electrons. The largest absolute Gasteiger partial charge is 0.494 e. The molecule has 0 fully saturated rings. The molecular weight excluding hydrogens is 383 g/mol. The Labute approximate surface area is 171 Å². The van der Waals surface area contributed by atoms with Crippen LogP contribution in [-0.4, -0.2) is 22.9 Å². The molecule has 1 heterocycles. The van der Waals surface area contributed by atoms with Crippen molar-refractivity contribution in [1.82, 2.24) is 9.97 Å². The lowest BCUT2D eigenvalue weighted by Crippen LogP contribution is -2.18. The number of carbonyl (C=O) groups excluding carboxylic acids is 1. The van der Waals surface area contributed by atoms with E-state index in [2.05, 4.69) is 9.97 Å². The van der Waals surface area contributed by atoms with Gasteiger partial charge in [-0.15, -0.1) is 0 Å². The van der Waals surface area contributed by atoms with E-state index in [-0.39, 0.29) is 22.8 Å². The Bertz CT molecular complexity index is 1330. The lowest BCUT2D eigenvalue weighted by Gasteiger charge is -2.09. The van der Waals surface area contributed by atoms with Crippen molar-refractivity contribution in [2.45, 2.75) is 0 Å². The van der Waals surface area contributed by atoms with E-state index in [1.54, 1.807) is 60.7 Å². The van der Waals surface area contributed by atoms with Crippen LogP contribution in [0.25, 0.3) is 22.7 Å². The molecule has 0 aliphatic rings. The summed E-state index contributed by atoms with van der Waals surface area (Å²) in [6.07, 6.45) is 1.46. The number of carbonyl (C=O) groups is 1. The minimum atomic E-state index is -0.571. The van der Waals surface area contributed by atoms with Gasteiger partial charge in [0.1, 0.15) is 5.69 Å². The molecule has 5 nitrogen and oxygen atoms in total. The number of nitrogens with one attached hydrogen (secondary N) is 1. The number of rotatable bonds is 5. The Morgan fingerprint density at radius 3 is 2.50 bits per heavy atom. The zero-order valence-corrected chi connectivity index (χ0v) is 16.1. The van der Waals surface area contributed by atoms with Crippen LogP contribution in [0, 0.1) is 5.82 Å². The minimum Gasteiger partial charge on any atom is -0.494 e. The molecule has 0 atom stereocenters. The van der Waals surface area contributed by atoms with Crippen LogP contribution in [0.2, 0.25) is 0 Å². The number of halogens is 1. The monoisotopic (exact) mass is 400 g/mol.